The number of amides is 2. The van der Waals surface area contributed by atoms with Crippen LogP contribution in [0.25, 0.3) is 16.9 Å². The minimum Gasteiger partial charge on any atom is -0.444 e. The largest absolute Gasteiger partial charge is 0.444 e. The number of fused-ring (bicyclic) bond motifs is 2. The fraction of sp³-hybridized carbons (Fsp3) is 0.435. The molecule has 3 aromatic rings. The molecule has 1 fully saturated rings. The first-order valence-electron chi connectivity index (χ1n) is 11.1. The van der Waals surface area contributed by atoms with Gasteiger partial charge in [0, 0.05) is 36.8 Å². The van der Waals surface area contributed by atoms with Crippen LogP contribution in [-0.2, 0) is 11.3 Å². The molecule has 0 aliphatic carbocycles. The van der Waals surface area contributed by atoms with Gasteiger partial charge in [-0.25, -0.2) is 19.3 Å². The lowest BCUT2D eigenvalue weighted by molar-refractivity contribution is 0.0210. The Kier molecular flexibility index (Phi) is 5.15. The molecule has 0 radical (unpaired) electrons. The van der Waals surface area contributed by atoms with Crippen LogP contribution < -0.4 is 10.6 Å². The van der Waals surface area contributed by atoms with Crippen molar-refractivity contribution in [3.8, 4) is 11.3 Å². The molecule has 2 aromatic heterocycles. The van der Waals surface area contributed by atoms with E-state index < -0.39 is 5.60 Å². The molecule has 0 bridgehead atoms. The number of hydrogen-bond donors (Lipinski definition) is 2. The molecular formula is C23H27N7O3. The normalized spacial score (nSPS) is 16.6. The van der Waals surface area contributed by atoms with E-state index in [1.54, 1.807) is 15.6 Å². The number of nitrogens with zero attached hydrogens (tertiary/aromatic N) is 5. The summed E-state index contributed by atoms with van der Waals surface area (Å²) in [6, 6.07) is 5.90. The van der Waals surface area contributed by atoms with Gasteiger partial charge >= 0.3 is 6.09 Å². The summed E-state index contributed by atoms with van der Waals surface area (Å²) in [6.45, 7) is 7.38. The maximum Gasteiger partial charge on any atom is 0.410 e. The van der Waals surface area contributed by atoms with Crippen LogP contribution in [-0.4, -0.2) is 61.2 Å². The van der Waals surface area contributed by atoms with Gasteiger partial charge in [0.25, 0.3) is 5.91 Å². The number of likely N-dealkylation sites (tertiary alicyclic amines) is 1. The summed E-state index contributed by atoms with van der Waals surface area (Å²) < 4.78 is 7.24. The van der Waals surface area contributed by atoms with Gasteiger partial charge in [-0.15, -0.1) is 0 Å². The number of piperidine rings is 1. The third-order valence-electron chi connectivity index (χ3n) is 5.88. The molecule has 33 heavy (non-hydrogen) atoms. The van der Waals surface area contributed by atoms with Crippen LogP contribution in [0.4, 0.5) is 10.6 Å². The zero-order chi connectivity index (χ0) is 23.2. The summed E-state index contributed by atoms with van der Waals surface area (Å²) in [5.74, 6) is 0.614. The molecule has 5 rings (SSSR count). The Morgan fingerprint density at radius 2 is 2.00 bits per heavy atom. The van der Waals surface area contributed by atoms with Gasteiger partial charge in [-0.2, -0.15) is 5.10 Å². The van der Waals surface area contributed by atoms with E-state index >= 15 is 0 Å². The van der Waals surface area contributed by atoms with E-state index in [0.29, 0.717) is 36.7 Å². The van der Waals surface area contributed by atoms with E-state index in [4.69, 9.17) is 4.74 Å². The van der Waals surface area contributed by atoms with Crippen LogP contribution in [0.5, 0.6) is 0 Å². The van der Waals surface area contributed by atoms with Crippen molar-refractivity contribution in [1.82, 2.24) is 29.8 Å². The highest BCUT2D eigenvalue weighted by Gasteiger charge is 2.27. The Morgan fingerprint density at radius 1 is 1.21 bits per heavy atom. The SMILES string of the molecule is CC(C)(C)OC(=O)N1CCC(Nc2ncc(-c3ccc4c(c3)CNC4=O)n3ncnc23)CC1. The maximum atomic E-state index is 12.3. The molecule has 1 saturated heterocycles. The van der Waals surface area contributed by atoms with Gasteiger partial charge in [0.2, 0.25) is 0 Å². The Labute approximate surface area is 191 Å². The van der Waals surface area contributed by atoms with Crippen LogP contribution in [0.15, 0.2) is 30.7 Å². The average molecular weight is 450 g/mol. The molecule has 10 heteroatoms. The third kappa shape index (κ3) is 4.20. The summed E-state index contributed by atoms with van der Waals surface area (Å²) in [7, 11) is 0. The van der Waals surface area contributed by atoms with Crippen LogP contribution in [0.1, 0.15) is 49.5 Å². The molecule has 1 aromatic carbocycles. The van der Waals surface area contributed by atoms with Crippen LogP contribution in [0.3, 0.4) is 0 Å². The third-order valence-corrected chi connectivity index (χ3v) is 5.88. The molecule has 2 aliphatic rings. The number of anilines is 1. The van der Waals surface area contributed by atoms with Crippen LogP contribution in [0.2, 0.25) is 0 Å². The Balaban J connectivity index is 1.31. The molecule has 172 valence electrons. The van der Waals surface area contributed by atoms with Crippen molar-refractivity contribution >= 4 is 23.5 Å². The van der Waals surface area contributed by atoms with E-state index in [-0.39, 0.29) is 18.0 Å². The number of carbonyl (C=O) groups excluding carboxylic acids is 2. The summed E-state index contributed by atoms with van der Waals surface area (Å²) in [5, 5.41) is 10.7. The van der Waals surface area contributed by atoms with Crippen molar-refractivity contribution in [2.24, 2.45) is 0 Å². The Morgan fingerprint density at radius 3 is 2.76 bits per heavy atom. The molecule has 2 N–H and O–H groups in total. The van der Waals surface area contributed by atoms with Crippen molar-refractivity contribution in [2.75, 3.05) is 18.4 Å². The van der Waals surface area contributed by atoms with Crippen molar-refractivity contribution in [3.63, 3.8) is 0 Å². The summed E-state index contributed by atoms with van der Waals surface area (Å²) in [6.07, 6.45) is 4.58. The molecule has 2 aliphatic heterocycles. The highest BCUT2D eigenvalue weighted by Crippen LogP contribution is 2.27. The highest BCUT2D eigenvalue weighted by molar-refractivity contribution is 5.98. The molecule has 10 nitrogen and oxygen atoms in total. The lowest BCUT2D eigenvalue weighted by atomic mass is 10.0. The van der Waals surface area contributed by atoms with Gasteiger partial charge in [0.15, 0.2) is 11.5 Å². The van der Waals surface area contributed by atoms with Crippen molar-refractivity contribution in [2.45, 2.75) is 51.8 Å². The molecule has 0 saturated carbocycles. The summed E-state index contributed by atoms with van der Waals surface area (Å²) in [4.78, 5) is 35.0. The van der Waals surface area contributed by atoms with Crippen molar-refractivity contribution < 1.29 is 14.3 Å². The number of benzene rings is 1. The molecule has 0 spiro atoms. The van der Waals surface area contributed by atoms with Crippen molar-refractivity contribution in [1.29, 1.82) is 0 Å². The number of ether oxygens (including phenoxy) is 1. The first-order chi connectivity index (χ1) is 15.8. The van der Waals surface area contributed by atoms with Crippen LogP contribution in [0, 0.1) is 0 Å². The predicted molar refractivity (Wildman–Crippen MR) is 122 cm³/mol. The molecule has 0 atom stereocenters. The average Bonchev–Trinajstić information content (AvgIpc) is 3.41. The first kappa shape index (κ1) is 21.2. The van der Waals surface area contributed by atoms with Gasteiger partial charge in [0.05, 0.1) is 11.9 Å². The number of aromatic nitrogens is 4. The first-order valence-corrected chi connectivity index (χ1v) is 11.1. The predicted octanol–water partition coefficient (Wildman–Crippen LogP) is 2.85. The van der Waals surface area contributed by atoms with E-state index in [1.807, 2.05) is 39.0 Å². The second-order valence-corrected chi connectivity index (χ2v) is 9.43. The van der Waals surface area contributed by atoms with Gasteiger partial charge in [-0.3, -0.25) is 4.79 Å². The highest BCUT2D eigenvalue weighted by atomic mass is 16.6. The van der Waals surface area contributed by atoms with E-state index in [2.05, 4.69) is 25.7 Å². The molecular weight excluding hydrogens is 422 g/mol. The number of carbonyl (C=O) groups is 2. The summed E-state index contributed by atoms with van der Waals surface area (Å²) in [5.41, 5.74) is 3.53. The second kappa shape index (κ2) is 8.02. The molecule has 0 unspecified atom stereocenters. The minimum atomic E-state index is -0.498. The maximum absolute atomic E-state index is 12.3. The fourth-order valence-corrected chi connectivity index (χ4v) is 4.23. The van der Waals surface area contributed by atoms with Gasteiger partial charge in [-0.05, 0) is 51.3 Å². The van der Waals surface area contributed by atoms with Crippen molar-refractivity contribution in [3.05, 3.63) is 41.9 Å². The number of hydrogen-bond acceptors (Lipinski definition) is 7. The zero-order valence-electron chi connectivity index (χ0n) is 19.0. The number of rotatable bonds is 3. The van der Waals surface area contributed by atoms with E-state index in [1.165, 1.54) is 6.33 Å². The number of nitrogens with one attached hydrogen (secondary N) is 2. The summed E-state index contributed by atoms with van der Waals surface area (Å²) >= 11 is 0. The van der Waals surface area contributed by atoms with Gasteiger partial charge in [0.1, 0.15) is 11.9 Å². The van der Waals surface area contributed by atoms with E-state index in [0.717, 1.165) is 29.7 Å². The second-order valence-electron chi connectivity index (χ2n) is 9.43. The fourth-order valence-electron chi connectivity index (χ4n) is 4.23. The van der Waals surface area contributed by atoms with Gasteiger partial charge in [-0.1, -0.05) is 6.07 Å². The minimum absolute atomic E-state index is 0.0437. The topological polar surface area (TPSA) is 114 Å². The standard InChI is InChI=1S/C23H27N7O3/c1-23(2,3)33-22(32)29-8-6-16(7-9-29)28-19-20-26-13-27-30(20)18(12-24-19)14-4-5-17-15(10-14)11-25-21(17)31/h4-5,10,12-13,16H,6-9,11H2,1-3H3,(H,24,28)(H,25,31). The molecule has 2 amide bonds. The smallest absolute Gasteiger partial charge is 0.410 e. The quantitative estimate of drug-likeness (QED) is 0.632. The Hall–Kier alpha value is -3.69. The lowest BCUT2D eigenvalue weighted by Gasteiger charge is -2.33. The zero-order valence-corrected chi connectivity index (χ0v) is 19.0. The van der Waals surface area contributed by atoms with Crippen LogP contribution >= 0.6 is 0 Å². The van der Waals surface area contributed by atoms with Gasteiger partial charge < -0.3 is 20.3 Å². The molecule has 4 heterocycles. The lowest BCUT2D eigenvalue weighted by Crippen LogP contribution is -2.44. The van der Waals surface area contributed by atoms with E-state index in [9.17, 15) is 9.59 Å². The Bertz CT molecular complexity index is 1220. The monoisotopic (exact) mass is 449 g/mol.